The largest absolute Gasteiger partial charge is 0.332 e. The van der Waals surface area contributed by atoms with Crippen LogP contribution in [0.25, 0.3) is 0 Å². The lowest BCUT2D eigenvalue weighted by Gasteiger charge is -2.06. The number of rotatable bonds is 3. The second-order valence-electron chi connectivity index (χ2n) is 3.62. The average Bonchev–Trinajstić information content (AvgIpc) is 2.65. The standard InChI is InChI=1S/C10H12N4O2S/c1-7-5-9(3-4-11-7)14-17(15,16)10-6-12-8(2)13-10/h3-6H,1-2H3,(H,11,14)(H,12,13). The molecule has 0 spiro atoms. The van der Waals surface area contributed by atoms with E-state index in [1.54, 1.807) is 32.2 Å². The first-order valence-corrected chi connectivity index (χ1v) is 6.43. The fraction of sp³-hybridized carbons (Fsp3) is 0.200. The Morgan fingerprint density at radius 2 is 2.06 bits per heavy atom. The van der Waals surface area contributed by atoms with Crippen molar-refractivity contribution in [2.75, 3.05) is 4.72 Å². The molecule has 0 atom stereocenters. The van der Waals surface area contributed by atoms with E-state index in [0.717, 1.165) is 5.69 Å². The molecule has 0 bridgehead atoms. The Kier molecular flexibility index (Phi) is 2.84. The van der Waals surface area contributed by atoms with Crippen molar-refractivity contribution in [1.29, 1.82) is 0 Å². The normalized spacial score (nSPS) is 11.4. The minimum absolute atomic E-state index is 0.0458. The van der Waals surface area contributed by atoms with Crippen LogP contribution >= 0.6 is 0 Å². The van der Waals surface area contributed by atoms with Gasteiger partial charge in [-0.05, 0) is 26.0 Å². The Labute approximate surface area is 99.2 Å². The Balaban J connectivity index is 2.29. The summed E-state index contributed by atoms with van der Waals surface area (Å²) in [5.74, 6) is 0.552. The minimum atomic E-state index is -3.61. The van der Waals surface area contributed by atoms with Gasteiger partial charge >= 0.3 is 0 Å². The van der Waals surface area contributed by atoms with E-state index in [-0.39, 0.29) is 5.03 Å². The van der Waals surface area contributed by atoms with Gasteiger partial charge in [0, 0.05) is 11.9 Å². The van der Waals surface area contributed by atoms with E-state index in [2.05, 4.69) is 19.7 Å². The molecule has 0 aliphatic heterocycles. The van der Waals surface area contributed by atoms with Gasteiger partial charge in [-0.15, -0.1) is 0 Å². The zero-order valence-electron chi connectivity index (χ0n) is 9.43. The maximum Gasteiger partial charge on any atom is 0.278 e. The predicted octanol–water partition coefficient (Wildman–Crippen LogP) is 1.22. The first-order chi connectivity index (χ1) is 7.97. The number of sulfonamides is 1. The van der Waals surface area contributed by atoms with Gasteiger partial charge in [-0.2, -0.15) is 8.42 Å². The lowest BCUT2D eigenvalue weighted by atomic mass is 10.3. The molecule has 17 heavy (non-hydrogen) atoms. The molecule has 2 aromatic rings. The summed E-state index contributed by atoms with van der Waals surface area (Å²) in [6, 6.07) is 3.24. The molecule has 6 nitrogen and oxygen atoms in total. The van der Waals surface area contributed by atoms with Crippen LogP contribution in [-0.4, -0.2) is 23.4 Å². The van der Waals surface area contributed by atoms with Crippen LogP contribution in [-0.2, 0) is 10.0 Å². The highest BCUT2D eigenvalue weighted by Crippen LogP contribution is 2.14. The minimum Gasteiger partial charge on any atom is -0.332 e. The number of aryl methyl sites for hydroxylation is 2. The molecule has 7 heteroatoms. The van der Waals surface area contributed by atoms with Crippen molar-refractivity contribution < 1.29 is 8.42 Å². The molecule has 0 saturated carbocycles. The molecule has 0 radical (unpaired) electrons. The van der Waals surface area contributed by atoms with Gasteiger partial charge in [0.25, 0.3) is 10.0 Å². The van der Waals surface area contributed by atoms with Crippen molar-refractivity contribution in [2.24, 2.45) is 0 Å². The molecular weight excluding hydrogens is 240 g/mol. The highest BCUT2D eigenvalue weighted by molar-refractivity contribution is 7.92. The number of hydrogen-bond acceptors (Lipinski definition) is 4. The third kappa shape index (κ3) is 2.62. The summed E-state index contributed by atoms with van der Waals surface area (Å²) >= 11 is 0. The van der Waals surface area contributed by atoms with Gasteiger partial charge in [0.15, 0.2) is 5.03 Å². The highest BCUT2D eigenvalue weighted by Gasteiger charge is 2.16. The lowest BCUT2D eigenvalue weighted by Crippen LogP contribution is -2.13. The molecule has 0 unspecified atom stereocenters. The van der Waals surface area contributed by atoms with E-state index in [4.69, 9.17) is 0 Å². The summed E-state index contributed by atoms with van der Waals surface area (Å²) in [7, 11) is -3.61. The van der Waals surface area contributed by atoms with Crippen LogP contribution in [0.1, 0.15) is 11.5 Å². The summed E-state index contributed by atoms with van der Waals surface area (Å²) in [6.07, 6.45) is 2.83. The van der Waals surface area contributed by atoms with E-state index >= 15 is 0 Å². The van der Waals surface area contributed by atoms with Gasteiger partial charge in [-0.1, -0.05) is 0 Å². The number of imidazole rings is 1. The average molecular weight is 252 g/mol. The zero-order chi connectivity index (χ0) is 12.5. The fourth-order valence-corrected chi connectivity index (χ4v) is 2.37. The number of aromatic amines is 1. The van der Waals surface area contributed by atoms with Gasteiger partial charge in [0.05, 0.1) is 11.9 Å². The number of nitrogens with zero attached hydrogens (tertiary/aromatic N) is 2. The quantitative estimate of drug-likeness (QED) is 0.859. The van der Waals surface area contributed by atoms with Gasteiger partial charge in [-0.25, -0.2) is 4.98 Å². The number of aromatic nitrogens is 3. The van der Waals surface area contributed by atoms with Crippen LogP contribution in [0.5, 0.6) is 0 Å². The van der Waals surface area contributed by atoms with Gasteiger partial charge in [-0.3, -0.25) is 9.71 Å². The second-order valence-corrected chi connectivity index (χ2v) is 5.28. The Bertz CT molecular complexity index is 633. The predicted molar refractivity (Wildman–Crippen MR) is 63.1 cm³/mol. The van der Waals surface area contributed by atoms with Gasteiger partial charge in [0.1, 0.15) is 5.82 Å². The summed E-state index contributed by atoms with van der Waals surface area (Å²) in [5.41, 5.74) is 1.22. The van der Waals surface area contributed by atoms with Crippen LogP contribution < -0.4 is 4.72 Å². The second kappa shape index (κ2) is 4.17. The third-order valence-electron chi connectivity index (χ3n) is 2.12. The SMILES string of the molecule is Cc1cc(NS(=O)(=O)c2cnc(C)[nH]2)ccn1. The number of pyridine rings is 1. The van der Waals surface area contributed by atoms with Crippen LogP contribution in [0, 0.1) is 13.8 Å². The van der Waals surface area contributed by atoms with E-state index in [1.807, 2.05) is 0 Å². The zero-order valence-corrected chi connectivity index (χ0v) is 10.2. The molecule has 90 valence electrons. The molecule has 0 aliphatic rings. The molecule has 2 N–H and O–H groups in total. The maximum absolute atomic E-state index is 11.9. The number of H-pyrrole nitrogens is 1. The smallest absolute Gasteiger partial charge is 0.278 e. The fourth-order valence-electron chi connectivity index (χ4n) is 1.35. The van der Waals surface area contributed by atoms with Crippen LogP contribution in [0.4, 0.5) is 5.69 Å². The Morgan fingerprint density at radius 3 is 2.65 bits per heavy atom. The summed E-state index contributed by atoms with van der Waals surface area (Å²) in [5, 5.41) is 0.0458. The summed E-state index contributed by atoms with van der Waals surface area (Å²) in [6.45, 7) is 3.48. The van der Waals surface area contributed by atoms with Crippen LogP contribution in [0.2, 0.25) is 0 Å². The van der Waals surface area contributed by atoms with Gasteiger partial charge in [0.2, 0.25) is 0 Å². The van der Waals surface area contributed by atoms with Crippen LogP contribution in [0.15, 0.2) is 29.6 Å². The van der Waals surface area contributed by atoms with E-state index in [9.17, 15) is 8.42 Å². The monoisotopic (exact) mass is 252 g/mol. The van der Waals surface area contributed by atoms with Crippen molar-refractivity contribution in [1.82, 2.24) is 15.0 Å². The van der Waals surface area contributed by atoms with Crippen molar-refractivity contribution in [3.8, 4) is 0 Å². The topological polar surface area (TPSA) is 87.7 Å². The van der Waals surface area contributed by atoms with Crippen molar-refractivity contribution in [3.05, 3.63) is 36.0 Å². The van der Waals surface area contributed by atoms with Gasteiger partial charge < -0.3 is 4.98 Å². The number of anilines is 1. The van der Waals surface area contributed by atoms with E-state index in [0.29, 0.717) is 11.5 Å². The number of hydrogen-bond donors (Lipinski definition) is 2. The molecule has 2 aromatic heterocycles. The highest BCUT2D eigenvalue weighted by atomic mass is 32.2. The van der Waals surface area contributed by atoms with E-state index < -0.39 is 10.0 Å². The Morgan fingerprint density at radius 1 is 1.29 bits per heavy atom. The van der Waals surface area contributed by atoms with Crippen molar-refractivity contribution >= 4 is 15.7 Å². The molecule has 0 aliphatic carbocycles. The third-order valence-corrected chi connectivity index (χ3v) is 3.41. The molecule has 0 fully saturated rings. The summed E-state index contributed by atoms with van der Waals surface area (Å²) in [4.78, 5) is 10.5. The first-order valence-electron chi connectivity index (χ1n) is 4.94. The molecular formula is C10H12N4O2S. The van der Waals surface area contributed by atoms with Crippen molar-refractivity contribution in [2.45, 2.75) is 18.9 Å². The Hall–Kier alpha value is -1.89. The molecule has 0 amide bonds. The van der Waals surface area contributed by atoms with Crippen molar-refractivity contribution in [3.63, 3.8) is 0 Å². The molecule has 0 aromatic carbocycles. The molecule has 0 saturated heterocycles. The van der Waals surface area contributed by atoms with Crippen LogP contribution in [0.3, 0.4) is 0 Å². The first kappa shape index (κ1) is 11.6. The summed E-state index contributed by atoms with van der Waals surface area (Å²) < 4.78 is 26.3. The molecule has 2 heterocycles. The molecule has 2 rings (SSSR count). The van der Waals surface area contributed by atoms with E-state index in [1.165, 1.54) is 6.20 Å². The lowest BCUT2D eigenvalue weighted by molar-refractivity contribution is 0.598. The number of nitrogens with one attached hydrogen (secondary N) is 2. The maximum atomic E-state index is 11.9.